The summed E-state index contributed by atoms with van der Waals surface area (Å²) in [5, 5.41) is 2.59. The Balaban J connectivity index is 2.56. The third kappa shape index (κ3) is 1.60. The van der Waals surface area contributed by atoms with Crippen LogP contribution in [-0.2, 0) is 11.3 Å². The van der Waals surface area contributed by atoms with Crippen molar-refractivity contribution in [2.75, 3.05) is 12.8 Å². The number of aromatic nitrogens is 2. The second-order valence-electron chi connectivity index (χ2n) is 3.63. The summed E-state index contributed by atoms with van der Waals surface area (Å²) in [5.74, 6) is 0.737. The van der Waals surface area contributed by atoms with E-state index in [-0.39, 0.29) is 12.5 Å². The molecule has 0 aliphatic rings. The number of hydrogen-bond acceptors (Lipinski definition) is 3. The van der Waals surface area contributed by atoms with E-state index in [4.69, 9.17) is 5.73 Å². The second kappa shape index (κ2) is 3.84. The van der Waals surface area contributed by atoms with E-state index in [9.17, 15) is 4.79 Å². The number of carbonyl (C=O) groups is 1. The molecular weight excluding hydrogens is 204 g/mol. The number of nitrogens with zero attached hydrogens (tertiary/aromatic N) is 2. The van der Waals surface area contributed by atoms with Gasteiger partial charge in [0.1, 0.15) is 17.9 Å². The summed E-state index contributed by atoms with van der Waals surface area (Å²) in [6.45, 7) is 2.13. The van der Waals surface area contributed by atoms with Gasteiger partial charge in [0.2, 0.25) is 5.91 Å². The maximum atomic E-state index is 11.4. The summed E-state index contributed by atoms with van der Waals surface area (Å²) in [7, 11) is 1.62. The highest BCUT2D eigenvalue weighted by atomic mass is 16.1. The SMILES string of the molecule is CNC(=O)Cn1c(C)nc2c(N)cccc21. The number of amides is 1. The summed E-state index contributed by atoms with van der Waals surface area (Å²) in [4.78, 5) is 15.7. The molecule has 0 saturated carbocycles. The molecule has 0 aliphatic heterocycles. The molecule has 1 amide bonds. The first-order valence-corrected chi connectivity index (χ1v) is 5.05. The Morgan fingerprint density at radius 2 is 2.31 bits per heavy atom. The van der Waals surface area contributed by atoms with Gasteiger partial charge in [0.05, 0.1) is 11.2 Å². The minimum absolute atomic E-state index is 0.0511. The molecule has 84 valence electrons. The van der Waals surface area contributed by atoms with Gasteiger partial charge in [0.25, 0.3) is 0 Å². The summed E-state index contributed by atoms with van der Waals surface area (Å²) in [5.41, 5.74) is 8.10. The zero-order chi connectivity index (χ0) is 11.7. The number of nitrogens with two attached hydrogens (primary N) is 1. The molecule has 2 rings (SSSR count). The molecule has 1 aromatic carbocycles. The molecule has 0 spiro atoms. The number of aryl methyl sites for hydroxylation is 1. The van der Waals surface area contributed by atoms with E-state index in [1.54, 1.807) is 13.1 Å². The van der Waals surface area contributed by atoms with Crippen LogP contribution in [0.2, 0.25) is 0 Å². The van der Waals surface area contributed by atoms with Crippen molar-refractivity contribution in [2.45, 2.75) is 13.5 Å². The lowest BCUT2D eigenvalue weighted by atomic mass is 10.3. The lowest BCUT2D eigenvalue weighted by molar-refractivity contribution is -0.121. The number of rotatable bonds is 2. The summed E-state index contributed by atoms with van der Waals surface area (Å²) in [6.07, 6.45) is 0. The van der Waals surface area contributed by atoms with Crippen molar-refractivity contribution in [1.29, 1.82) is 0 Å². The Bertz CT molecular complexity index is 544. The number of benzene rings is 1. The van der Waals surface area contributed by atoms with Crippen LogP contribution in [0.5, 0.6) is 0 Å². The predicted octanol–water partition coefficient (Wildman–Crippen LogP) is 0.673. The second-order valence-corrected chi connectivity index (χ2v) is 3.63. The molecule has 0 aliphatic carbocycles. The average molecular weight is 218 g/mol. The van der Waals surface area contributed by atoms with E-state index in [2.05, 4.69) is 10.3 Å². The standard InChI is InChI=1S/C11H14N4O/c1-7-14-11-8(12)4-3-5-9(11)15(7)6-10(16)13-2/h3-5H,6,12H2,1-2H3,(H,13,16). The number of nitrogens with one attached hydrogen (secondary N) is 1. The minimum Gasteiger partial charge on any atom is -0.397 e. The monoisotopic (exact) mass is 218 g/mol. The fourth-order valence-corrected chi connectivity index (χ4v) is 1.71. The van der Waals surface area contributed by atoms with Gasteiger partial charge in [-0.25, -0.2) is 4.98 Å². The highest BCUT2D eigenvalue weighted by Crippen LogP contribution is 2.21. The van der Waals surface area contributed by atoms with Crippen LogP contribution in [0.15, 0.2) is 18.2 Å². The van der Waals surface area contributed by atoms with Crippen molar-refractivity contribution in [2.24, 2.45) is 0 Å². The number of para-hydroxylation sites is 1. The average Bonchev–Trinajstić information content (AvgIpc) is 2.58. The van der Waals surface area contributed by atoms with E-state index >= 15 is 0 Å². The van der Waals surface area contributed by atoms with E-state index in [0.29, 0.717) is 5.69 Å². The molecule has 0 radical (unpaired) electrons. The van der Waals surface area contributed by atoms with Crippen molar-refractivity contribution in [3.63, 3.8) is 0 Å². The van der Waals surface area contributed by atoms with E-state index in [1.807, 2.05) is 23.6 Å². The first-order valence-electron chi connectivity index (χ1n) is 5.05. The van der Waals surface area contributed by atoms with Gasteiger partial charge in [-0.1, -0.05) is 6.07 Å². The third-order valence-electron chi connectivity index (χ3n) is 2.58. The van der Waals surface area contributed by atoms with Crippen LogP contribution in [0.4, 0.5) is 5.69 Å². The predicted molar refractivity (Wildman–Crippen MR) is 62.9 cm³/mol. The zero-order valence-electron chi connectivity index (χ0n) is 9.32. The number of hydrogen-bond donors (Lipinski definition) is 2. The molecule has 5 heteroatoms. The minimum atomic E-state index is -0.0511. The van der Waals surface area contributed by atoms with Gasteiger partial charge in [0, 0.05) is 7.05 Å². The topological polar surface area (TPSA) is 72.9 Å². The smallest absolute Gasteiger partial charge is 0.239 e. The first-order chi connectivity index (χ1) is 7.63. The van der Waals surface area contributed by atoms with Crippen LogP contribution in [-0.4, -0.2) is 22.5 Å². The molecule has 1 heterocycles. The largest absolute Gasteiger partial charge is 0.397 e. The van der Waals surface area contributed by atoms with Crippen molar-refractivity contribution in [3.8, 4) is 0 Å². The van der Waals surface area contributed by atoms with Gasteiger partial charge in [-0.05, 0) is 19.1 Å². The number of nitrogen functional groups attached to an aromatic ring is 1. The van der Waals surface area contributed by atoms with Crippen LogP contribution in [0.1, 0.15) is 5.82 Å². The quantitative estimate of drug-likeness (QED) is 0.728. The van der Waals surface area contributed by atoms with Gasteiger partial charge in [-0.15, -0.1) is 0 Å². The van der Waals surface area contributed by atoms with Crippen molar-refractivity contribution in [3.05, 3.63) is 24.0 Å². The highest BCUT2D eigenvalue weighted by Gasteiger charge is 2.11. The molecule has 0 bridgehead atoms. The Kier molecular flexibility index (Phi) is 2.52. The summed E-state index contributed by atoms with van der Waals surface area (Å²) >= 11 is 0. The number of imidazole rings is 1. The van der Waals surface area contributed by atoms with Gasteiger partial charge in [0.15, 0.2) is 0 Å². The maximum Gasteiger partial charge on any atom is 0.239 e. The molecule has 5 nitrogen and oxygen atoms in total. The molecule has 0 atom stereocenters. The lowest BCUT2D eigenvalue weighted by Crippen LogP contribution is -2.23. The van der Waals surface area contributed by atoms with E-state index in [1.165, 1.54) is 0 Å². The van der Waals surface area contributed by atoms with Crippen LogP contribution in [0.25, 0.3) is 11.0 Å². The Hall–Kier alpha value is -2.04. The van der Waals surface area contributed by atoms with Crippen molar-refractivity contribution < 1.29 is 4.79 Å². The normalized spacial score (nSPS) is 10.6. The molecule has 16 heavy (non-hydrogen) atoms. The molecule has 0 fully saturated rings. The molecule has 0 unspecified atom stereocenters. The Morgan fingerprint density at radius 3 is 3.00 bits per heavy atom. The van der Waals surface area contributed by atoms with Crippen LogP contribution in [0.3, 0.4) is 0 Å². The first kappa shape index (κ1) is 10.5. The van der Waals surface area contributed by atoms with E-state index < -0.39 is 0 Å². The lowest BCUT2D eigenvalue weighted by Gasteiger charge is -2.05. The fraction of sp³-hybridized carbons (Fsp3) is 0.273. The molecule has 2 aromatic rings. The number of anilines is 1. The van der Waals surface area contributed by atoms with Gasteiger partial charge in [-0.3, -0.25) is 4.79 Å². The zero-order valence-corrected chi connectivity index (χ0v) is 9.32. The van der Waals surface area contributed by atoms with Crippen molar-refractivity contribution in [1.82, 2.24) is 14.9 Å². The van der Waals surface area contributed by atoms with Crippen LogP contribution >= 0.6 is 0 Å². The van der Waals surface area contributed by atoms with Gasteiger partial charge < -0.3 is 15.6 Å². The summed E-state index contributed by atoms with van der Waals surface area (Å²) in [6, 6.07) is 5.58. The maximum absolute atomic E-state index is 11.4. The van der Waals surface area contributed by atoms with Crippen LogP contribution in [0, 0.1) is 6.92 Å². The molecular formula is C11H14N4O. The fourth-order valence-electron chi connectivity index (χ4n) is 1.71. The number of likely N-dealkylation sites (N-methyl/N-ethyl adjacent to an activating group) is 1. The molecule has 3 N–H and O–H groups in total. The molecule has 0 saturated heterocycles. The van der Waals surface area contributed by atoms with Gasteiger partial charge in [-0.2, -0.15) is 0 Å². The summed E-state index contributed by atoms with van der Waals surface area (Å²) < 4.78 is 1.85. The highest BCUT2D eigenvalue weighted by molar-refractivity contribution is 5.88. The Labute approximate surface area is 93.3 Å². The number of carbonyl (C=O) groups excluding carboxylic acids is 1. The molecule has 1 aromatic heterocycles. The third-order valence-corrected chi connectivity index (χ3v) is 2.58. The van der Waals surface area contributed by atoms with Gasteiger partial charge >= 0.3 is 0 Å². The Morgan fingerprint density at radius 1 is 1.56 bits per heavy atom. The number of fused-ring (bicyclic) bond motifs is 1. The van der Waals surface area contributed by atoms with Crippen molar-refractivity contribution >= 4 is 22.6 Å². The van der Waals surface area contributed by atoms with Crippen LogP contribution < -0.4 is 11.1 Å². The van der Waals surface area contributed by atoms with E-state index in [0.717, 1.165) is 16.9 Å².